The molecule has 42 heavy (non-hydrogen) atoms. The summed E-state index contributed by atoms with van der Waals surface area (Å²) in [7, 11) is 0. The van der Waals surface area contributed by atoms with Crippen LogP contribution in [-0.2, 0) is 20.9 Å². The van der Waals surface area contributed by atoms with Gasteiger partial charge in [0.05, 0.1) is 35.1 Å². The van der Waals surface area contributed by atoms with Crippen molar-refractivity contribution in [3.05, 3.63) is 35.3 Å². The number of fused-ring (bicyclic) bond motifs is 5. The standard InChI is InChI=1S/C33H48O9/c1-29(2,38)11-10-27-32(5,42-28(41-27)25-7-6-18(17-34)40-25)26-9-13-33(39)20-14-22(35)21-15-23(36)24(37)16-30(21,3)19(20)8-12-31(26,33)4/h6-7,14,19,21,23-24,26-28,34,36-39H,8-13,15-17H2,1-5H3/t19-,21-,23+,24-,26-,27+,28+,30+,31+,32+,33+/m0/s1. The average molecular weight is 589 g/mol. The maximum absolute atomic E-state index is 13.6. The third-order valence-electron chi connectivity index (χ3n) is 12.2. The highest BCUT2D eigenvalue weighted by Crippen LogP contribution is 2.70. The van der Waals surface area contributed by atoms with Gasteiger partial charge < -0.3 is 39.4 Å². The second-order valence-corrected chi connectivity index (χ2v) is 15.2. The van der Waals surface area contributed by atoms with Crippen LogP contribution in [-0.4, -0.2) is 66.4 Å². The van der Waals surface area contributed by atoms with E-state index in [0.717, 1.165) is 12.0 Å². The fraction of sp³-hybridized carbons (Fsp3) is 0.788. The van der Waals surface area contributed by atoms with Crippen LogP contribution in [0, 0.1) is 28.6 Å². The van der Waals surface area contributed by atoms with Gasteiger partial charge in [0.2, 0.25) is 6.29 Å². The van der Waals surface area contributed by atoms with Crippen LogP contribution < -0.4 is 0 Å². The summed E-state index contributed by atoms with van der Waals surface area (Å²) >= 11 is 0. The normalized spacial score (nSPS) is 47.1. The van der Waals surface area contributed by atoms with Gasteiger partial charge in [-0.25, -0.2) is 0 Å². The Morgan fingerprint density at radius 1 is 1.05 bits per heavy atom. The van der Waals surface area contributed by atoms with Gasteiger partial charge in [-0.1, -0.05) is 13.8 Å². The third kappa shape index (κ3) is 4.41. The van der Waals surface area contributed by atoms with Crippen molar-refractivity contribution in [2.24, 2.45) is 28.6 Å². The van der Waals surface area contributed by atoms with Gasteiger partial charge in [0.15, 0.2) is 11.5 Å². The van der Waals surface area contributed by atoms with E-state index < -0.39 is 52.2 Å². The Balaban J connectivity index is 1.35. The zero-order valence-electron chi connectivity index (χ0n) is 25.5. The molecular formula is C33H48O9. The molecule has 2 heterocycles. The molecule has 0 spiro atoms. The van der Waals surface area contributed by atoms with Crippen molar-refractivity contribution in [2.75, 3.05) is 0 Å². The van der Waals surface area contributed by atoms with E-state index in [4.69, 9.17) is 13.9 Å². The molecule has 11 atom stereocenters. The highest BCUT2D eigenvalue weighted by atomic mass is 16.7. The van der Waals surface area contributed by atoms with Crippen molar-refractivity contribution in [1.82, 2.24) is 0 Å². The fourth-order valence-electron chi connectivity index (χ4n) is 9.78. The summed E-state index contributed by atoms with van der Waals surface area (Å²) < 4.78 is 19.1. The minimum absolute atomic E-state index is 0.0634. The van der Waals surface area contributed by atoms with Gasteiger partial charge in [-0.2, -0.15) is 0 Å². The minimum Gasteiger partial charge on any atom is -0.458 e. The molecule has 0 unspecified atom stereocenters. The van der Waals surface area contributed by atoms with E-state index >= 15 is 0 Å². The van der Waals surface area contributed by atoms with Crippen molar-refractivity contribution in [3.8, 4) is 0 Å². The molecule has 9 nitrogen and oxygen atoms in total. The van der Waals surface area contributed by atoms with Gasteiger partial charge in [0.25, 0.3) is 0 Å². The van der Waals surface area contributed by atoms with Gasteiger partial charge in [0.1, 0.15) is 12.4 Å². The zero-order chi connectivity index (χ0) is 30.5. The van der Waals surface area contributed by atoms with Crippen LogP contribution in [0.5, 0.6) is 0 Å². The molecule has 1 saturated heterocycles. The summed E-state index contributed by atoms with van der Waals surface area (Å²) in [6.07, 6.45) is 2.91. The molecule has 3 saturated carbocycles. The number of ketones is 1. The van der Waals surface area contributed by atoms with Crippen molar-refractivity contribution in [1.29, 1.82) is 0 Å². The predicted octanol–water partition coefficient (Wildman–Crippen LogP) is 3.70. The summed E-state index contributed by atoms with van der Waals surface area (Å²) in [4.78, 5) is 13.6. The van der Waals surface area contributed by atoms with Crippen LogP contribution >= 0.6 is 0 Å². The molecule has 5 aliphatic rings. The second-order valence-electron chi connectivity index (χ2n) is 15.2. The largest absolute Gasteiger partial charge is 0.458 e. The Kier molecular flexibility index (Phi) is 7.22. The lowest BCUT2D eigenvalue weighted by Crippen LogP contribution is -2.62. The number of furan rings is 1. The molecule has 9 heteroatoms. The average Bonchev–Trinajstić information content (AvgIpc) is 3.59. The molecule has 0 bridgehead atoms. The first kappa shape index (κ1) is 30.4. The van der Waals surface area contributed by atoms with Crippen LogP contribution in [0.15, 0.2) is 28.2 Å². The maximum Gasteiger partial charge on any atom is 0.218 e. The van der Waals surface area contributed by atoms with E-state index in [1.807, 2.05) is 6.92 Å². The molecule has 234 valence electrons. The van der Waals surface area contributed by atoms with Crippen LogP contribution in [0.4, 0.5) is 0 Å². The number of hydrogen-bond acceptors (Lipinski definition) is 9. The first-order chi connectivity index (χ1) is 19.6. The number of rotatable bonds is 6. The summed E-state index contributed by atoms with van der Waals surface area (Å²) in [6, 6.07) is 3.44. The lowest BCUT2D eigenvalue weighted by atomic mass is 9.45. The lowest BCUT2D eigenvalue weighted by Gasteiger charge is -2.60. The Bertz CT molecular complexity index is 1250. The summed E-state index contributed by atoms with van der Waals surface area (Å²) in [5.74, 6) is 0.258. The molecule has 0 amide bonds. The predicted molar refractivity (Wildman–Crippen MR) is 152 cm³/mol. The molecule has 1 aliphatic heterocycles. The monoisotopic (exact) mass is 588 g/mol. The van der Waals surface area contributed by atoms with E-state index in [9.17, 15) is 30.3 Å². The number of carbonyl (C=O) groups excluding carboxylic acids is 1. The van der Waals surface area contributed by atoms with Gasteiger partial charge in [0, 0.05) is 11.3 Å². The van der Waals surface area contributed by atoms with Crippen LogP contribution in [0.3, 0.4) is 0 Å². The number of ether oxygens (including phenoxy) is 2. The number of aliphatic hydroxyl groups is 5. The highest BCUT2D eigenvalue weighted by molar-refractivity contribution is 5.95. The van der Waals surface area contributed by atoms with Crippen molar-refractivity contribution < 1.29 is 44.2 Å². The number of carbonyl (C=O) groups is 1. The van der Waals surface area contributed by atoms with Gasteiger partial charge in [-0.3, -0.25) is 4.79 Å². The Hall–Kier alpha value is -1.59. The van der Waals surface area contributed by atoms with Crippen molar-refractivity contribution in [2.45, 2.75) is 134 Å². The molecule has 4 aliphatic carbocycles. The van der Waals surface area contributed by atoms with Crippen molar-refractivity contribution in [3.63, 3.8) is 0 Å². The van der Waals surface area contributed by atoms with Crippen LogP contribution in [0.2, 0.25) is 0 Å². The lowest BCUT2D eigenvalue weighted by molar-refractivity contribution is -0.170. The molecule has 5 N–H and O–H groups in total. The van der Waals surface area contributed by atoms with Crippen LogP contribution in [0.1, 0.15) is 104 Å². The Morgan fingerprint density at radius 2 is 1.79 bits per heavy atom. The molecule has 0 aromatic carbocycles. The van der Waals surface area contributed by atoms with Gasteiger partial charge in [-0.15, -0.1) is 0 Å². The minimum atomic E-state index is -1.23. The first-order valence-corrected chi connectivity index (χ1v) is 15.7. The second kappa shape index (κ2) is 9.96. The number of hydrogen-bond donors (Lipinski definition) is 5. The summed E-state index contributed by atoms with van der Waals surface area (Å²) in [5.41, 5.74) is -3.33. The topological polar surface area (TPSA) is 150 Å². The zero-order valence-corrected chi connectivity index (χ0v) is 25.5. The molecule has 0 radical (unpaired) electrons. The summed E-state index contributed by atoms with van der Waals surface area (Å²) in [6.45, 7) is 9.53. The van der Waals surface area contributed by atoms with E-state index in [1.165, 1.54) is 0 Å². The van der Waals surface area contributed by atoms with Gasteiger partial charge >= 0.3 is 0 Å². The van der Waals surface area contributed by atoms with Crippen LogP contribution in [0.25, 0.3) is 0 Å². The van der Waals surface area contributed by atoms with E-state index in [0.29, 0.717) is 50.0 Å². The molecule has 6 rings (SSSR count). The Morgan fingerprint density at radius 3 is 2.45 bits per heavy atom. The third-order valence-corrected chi connectivity index (χ3v) is 12.2. The smallest absolute Gasteiger partial charge is 0.218 e. The molecule has 4 fully saturated rings. The van der Waals surface area contributed by atoms with Crippen molar-refractivity contribution >= 4 is 5.78 Å². The molecule has 1 aromatic heterocycles. The van der Waals surface area contributed by atoms with E-state index in [-0.39, 0.29) is 36.6 Å². The van der Waals surface area contributed by atoms with E-state index in [2.05, 4.69) is 13.8 Å². The number of aliphatic hydroxyl groups excluding tert-OH is 3. The molecular weight excluding hydrogens is 540 g/mol. The number of allylic oxidation sites excluding steroid dienone is 1. The maximum atomic E-state index is 13.6. The molecule has 1 aromatic rings. The SMILES string of the molecule is CC(C)(O)CC[C@H]1O[C@@H](c2ccc(CO)o2)O[C@]1(C)[C@H]1CC[C@@]2(O)C3=CC(=O)[C@@H]4C[C@@H](O)[C@@H](O)C[C@]4(C)[C@H]3CC[C@]12C. The van der Waals surface area contributed by atoms with E-state index in [1.54, 1.807) is 32.1 Å². The van der Waals surface area contributed by atoms with Gasteiger partial charge in [-0.05, 0) is 113 Å². The first-order valence-electron chi connectivity index (χ1n) is 15.7. The Labute approximate surface area is 247 Å². The summed E-state index contributed by atoms with van der Waals surface area (Å²) in [5, 5.41) is 53.8. The quantitative estimate of drug-likeness (QED) is 0.335. The highest BCUT2D eigenvalue weighted by Gasteiger charge is 2.71. The fourth-order valence-corrected chi connectivity index (χ4v) is 9.78.